The average Bonchev–Trinajstić information content (AvgIpc) is 2.26. The van der Waals surface area contributed by atoms with E-state index < -0.39 is 11.0 Å². The summed E-state index contributed by atoms with van der Waals surface area (Å²) < 4.78 is 4.65. The monoisotopic (exact) mass is 225 g/mol. The molecule has 1 amide bonds. The van der Waals surface area contributed by atoms with Crippen molar-refractivity contribution in [2.24, 2.45) is 5.73 Å². The minimum Gasteiger partial charge on any atom is -0.448 e. The third kappa shape index (κ3) is 3.54. The Morgan fingerprint density at radius 1 is 1.56 bits per heavy atom. The lowest BCUT2D eigenvalue weighted by Gasteiger charge is -2.05. The highest BCUT2D eigenvalue weighted by atomic mass is 16.6. The van der Waals surface area contributed by atoms with Crippen molar-refractivity contribution < 1.29 is 14.5 Å². The number of hydrogen-bond acceptors (Lipinski definition) is 5. The third-order valence-electron chi connectivity index (χ3n) is 1.65. The van der Waals surface area contributed by atoms with Gasteiger partial charge in [0.2, 0.25) is 0 Å². The van der Waals surface area contributed by atoms with Gasteiger partial charge in [0.15, 0.2) is 0 Å². The molecular weight excluding hydrogens is 214 g/mol. The van der Waals surface area contributed by atoms with Crippen molar-refractivity contribution in [3.8, 4) is 0 Å². The molecule has 0 spiro atoms. The third-order valence-corrected chi connectivity index (χ3v) is 1.65. The number of ether oxygens (including phenoxy) is 1. The van der Waals surface area contributed by atoms with E-state index in [2.05, 4.69) is 10.1 Å². The zero-order valence-electron chi connectivity index (χ0n) is 8.38. The van der Waals surface area contributed by atoms with Crippen molar-refractivity contribution in [1.29, 1.82) is 0 Å². The first-order chi connectivity index (χ1) is 7.63. The lowest BCUT2D eigenvalue weighted by Crippen LogP contribution is -2.18. The van der Waals surface area contributed by atoms with Gasteiger partial charge < -0.3 is 10.5 Å². The maximum absolute atomic E-state index is 11.1. The van der Waals surface area contributed by atoms with Crippen LogP contribution in [-0.4, -0.2) is 24.2 Å². The summed E-state index contributed by atoms with van der Waals surface area (Å²) in [7, 11) is 0. The molecule has 16 heavy (non-hydrogen) atoms. The molecule has 0 aliphatic rings. The summed E-state index contributed by atoms with van der Waals surface area (Å²) in [6.07, 6.45) is -0.689. The second kappa shape index (κ2) is 5.66. The number of nitrogens with two attached hydrogens (primary N) is 1. The van der Waals surface area contributed by atoms with Crippen LogP contribution in [0.5, 0.6) is 0 Å². The normalized spacial score (nSPS) is 9.56. The second-order valence-electron chi connectivity index (χ2n) is 2.86. The number of nitrogens with one attached hydrogen (secondary N) is 1. The number of nitrogens with zero attached hydrogens (tertiary/aromatic N) is 1. The van der Waals surface area contributed by atoms with E-state index in [4.69, 9.17) is 5.73 Å². The standard InChI is InChI=1S/C9H11N3O4/c10-4-5-16-9(13)11-7-2-1-3-8(6-7)12(14)15/h1-3,6H,4-5,10H2,(H,11,13). The molecule has 0 fully saturated rings. The first kappa shape index (κ1) is 11.9. The molecule has 0 aromatic heterocycles. The number of amides is 1. The van der Waals surface area contributed by atoms with Gasteiger partial charge in [0.25, 0.3) is 5.69 Å². The molecule has 0 saturated carbocycles. The van der Waals surface area contributed by atoms with Crippen molar-refractivity contribution >= 4 is 17.5 Å². The largest absolute Gasteiger partial charge is 0.448 e. The smallest absolute Gasteiger partial charge is 0.411 e. The van der Waals surface area contributed by atoms with E-state index in [9.17, 15) is 14.9 Å². The average molecular weight is 225 g/mol. The molecule has 0 saturated heterocycles. The van der Waals surface area contributed by atoms with E-state index in [1.165, 1.54) is 24.3 Å². The summed E-state index contributed by atoms with van der Waals surface area (Å²) >= 11 is 0. The number of rotatable bonds is 4. The topological polar surface area (TPSA) is 107 Å². The summed E-state index contributed by atoms with van der Waals surface area (Å²) in [5.74, 6) is 0. The van der Waals surface area contributed by atoms with Gasteiger partial charge in [-0.05, 0) is 6.07 Å². The first-order valence-electron chi connectivity index (χ1n) is 4.52. The molecule has 86 valence electrons. The molecule has 1 rings (SSSR count). The number of anilines is 1. The van der Waals surface area contributed by atoms with Crippen LogP contribution in [0.4, 0.5) is 16.2 Å². The fraction of sp³-hybridized carbons (Fsp3) is 0.222. The van der Waals surface area contributed by atoms with Crippen LogP contribution in [-0.2, 0) is 4.74 Å². The fourth-order valence-electron chi connectivity index (χ4n) is 1.00. The Balaban J connectivity index is 2.63. The Hall–Kier alpha value is -2.15. The Kier molecular flexibility index (Phi) is 4.22. The Bertz CT molecular complexity index is 394. The molecule has 0 bridgehead atoms. The minimum absolute atomic E-state index is 0.0980. The molecular formula is C9H11N3O4. The van der Waals surface area contributed by atoms with E-state index >= 15 is 0 Å². The number of benzene rings is 1. The predicted octanol–water partition coefficient (Wildman–Crippen LogP) is 1.10. The van der Waals surface area contributed by atoms with Gasteiger partial charge in [-0.15, -0.1) is 0 Å². The number of nitro groups is 1. The van der Waals surface area contributed by atoms with Crippen LogP contribution >= 0.6 is 0 Å². The van der Waals surface area contributed by atoms with Gasteiger partial charge in [0.1, 0.15) is 6.61 Å². The molecule has 0 radical (unpaired) electrons. The molecule has 7 nitrogen and oxygen atoms in total. The highest BCUT2D eigenvalue weighted by Crippen LogP contribution is 2.16. The molecule has 0 unspecified atom stereocenters. The summed E-state index contributed by atoms with van der Waals surface area (Å²) in [5, 5.41) is 12.8. The number of nitro benzene ring substituents is 1. The van der Waals surface area contributed by atoms with Crippen LogP contribution in [0.3, 0.4) is 0 Å². The van der Waals surface area contributed by atoms with E-state index in [1.807, 2.05) is 0 Å². The molecule has 0 aliphatic carbocycles. The number of hydrogen-bond donors (Lipinski definition) is 2. The molecule has 3 N–H and O–H groups in total. The molecule has 0 aliphatic heterocycles. The second-order valence-corrected chi connectivity index (χ2v) is 2.86. The highest BCUT2D eigenvalue weighted by molar-refractivity contribution is 5.85. The predicted molar refractivity (Wildman–Crippen MR) is 57.1 cm³/mol. The number of carbonyl (C=O) groups is 1. The van der Waals surface area contributed by atoms with E-state index in [1.54, 1.807) is 0 Å². The summed E-state index contributed by atoms with van der Waals surface area (Å²) in [6, 6.07) is 5.56. The van der Waals surface area contributed by atoms with Gasteiger partial charge in [-0.2, -0.15) is 0 Å². The van der Waals surface area contributed by atoms with E-state index in [-0.39, 0.29) is 18.8 Å². The van der Waals surface area contributed by atoms with Crippen LogP contribution in [0.2, 0.25) is 0 Å². The number of non-ortho nitro benzene ring substituents is 1. The summed E-state index contributed by atoms with van der Waals surface area (Å²) in [4.78, 5) is 21.0. The van der Waals surface area contributed by atoms with Gasteiger partial charge >= 0.3 is 6.09 Å². The fourth-order valence-corrected chi connectivity index (χ4v) is 1.00. The maximum atomic E-state index is 11.1. The molecule has 0 heterocycles. The Labute approximate surface area is 91.3 Å². The van der Waals surface area contributed by atoms with Crippen LogP contribution < -0.4 is 11.1 Å². The molecule has 1 aromatic carbocycles. The van der Waals surface area contributed by atoms with Gasteiger partial charge in [-0.1, -0.05) is 6.07 Å². The first-order valence-corrected chi connectivity index (χ1v) is 4.52. The number of carbonyl (C=O) groups excluding carboxylic acids is 1. The van der Waals surface area contributed by atoms with Crippen molar-refractivity contribution in [2.75, 3.05) is 18.5 Å². The van der Waals surface area contributed by atoms with E-state index in [0.717, 1.165) is 0 Å². The van der Waals surface area contributed by atoms with Crippen molar-refractivity contribution in [3.05, 3.63) is 34.4 Å². The van der Waals surface area contributed by atoms with Gasteiger partial charge in [-0.3, -0.25) is 15.4 Å². The van der Waals surface area contributed by atoms with Crippen LogP contribution in [0, 0.1) is 10.1 Å². The van der Waals surface area contributed by atoms with Crippen molar-refractivity contribution in [2.45, 2.75) is 0 Å². The molecule has 7 heteroatoms. The highest BCUT2D eigenvalue weighted by Gasteiger charge is 2.08. The Morgan fingerprint density at radius 2 is 2.31 bits per heavy atom. The van der Waals surface area contributed by atoms with Gasteiger partial charge in [0, 0.05) is 18.7 Å². The quantitative estimate of drug-likeness (QED) is 0.589. The van der Waals surface area contributed by atoms with Crippen molar-refractivity contribution in [3.63, 3.8) is 0 Å². The van der Waals surface area contributed by atoms with Gasteiger partial charge in [0.05, 0.1) is 10.6 Å². The zero-order valence-corrected chi connectivity index (χ0v) is 8.38. The lowest BCUT2D eigenvalue weighted by molar-refractivity contribution is -0.384. The van der Waals surface area contributed by atoms with E-state index in [0.29, 0.717) is 5.69 Å². The zero-order chi connectivity index (χ0) is 12.0. The summed E-state index contributed by atoms with van der Waals surface area (Å²) in [6.45, 7) is 0.323. The maximum Gasteiger partial charge on any atom is 0.411 e. The van der Waals surface area contributed by atoms with Crippen LogP contribution in [0.25, 0.3) is 0 Å². The van der Waals surface area contributed by atoms with Gasteiger partial charge in [-0.25, -0.2) is 4.79 Å². The Morgan fingerprint density at radius 3 is 2.94 bits per heavy atom. The minimum atomic E-state index is -0.689. The van der Waals surface area contributed by atoms with Crippen LogP contribution in [0.1, 0.15) is 0 Å². The SMILES string of the molecule is NCCOC(=O)Nc1cccc([N+](=O)[O-])c1. The van der Waals surface area contributed by atoms with Crippen molar-refractivity contribution in [1.82, 2.24) is 0 Å². The lowest BCUT2D eigenvalue weighted by atomic mass is 10.3. The van der Waals surface area contributed by atoms with Crippen LogP contribution in [0.15, 0.2) is 24.3 Å². The molecule has 0 atom stereocenters. The summed E-state index contributed by atoms with van der Waals surface area (Å²) in [5.41, 5.74) is 5.34. The molecule has 1 aromatic rings.